The Balaban J connectivity index is 1.98. The second-order valence-corrected chi connectivity index (χ2v) is 12.3. The molecule has 2 aliphatic heterocycles. The molecule has 16 atom stereocenters. The van der Waals surface area contributed by atoms with Gasteiger partial charge in [-0.05, 0) is 19.4 Å². The Morgan fingerprint density at radius 3 is 1.82 bits per heavy atom. The highest BCUT2D eigenvalue weighted by atomic mass is 16.7. The van der Waals surface area contributed by atoms with E-state index in [-0.39, 0.29) is 25.9 Å². The van der Waals surface area contributed by atoms with Gasteiger partial charge in [0.1, 0.15) is 67.1 Å². The predicted octanol–water partition coefficient (Wildman–Crippen LogP) is -7.89. The summed E-state index contributed by atoms with van der Waals surface area (Å²) < 4.78 is 23.1. The molecule has 0 unspecified atom stereocenters. The van der Waals surface area contributed by atoms with Crippen molar-refractivity contribution < 1.29 is 79.0 Å². The van der Waals surface area contributed by atoms with Gasteiger partial charge in [-0.15, -0.1) is 0 Å². The van der Waals surface area contributed by atoms with Crippen LogP contribution >= 0.6 is 0 Å². The Labute approximate surface area is 281 Å². The molecule has 0 radical (unpaired) electrons. The van der Waals surface area contributed by atoms with Crippen molar-refractivity contribution in [2.24, 2.45) is 5.73 Å². The van der Waals surface area contributed by atoms with Gasteiger partial charge in [0.05, 0.1) is 24.7 Å². The number of nitrogens with two attached hydrogens (primary N) is 1. The number of hydrogen-bond donors (Lipinski definition) is 13. The lowest BCUT2D eigenvalue weighted by Gasteiger charge is -2.49. The summed E-state index contributed by atoms with van der Waals surface area (Å²) in [7, 11) is 0. The van der Waals surface area contributed by atoms with Crippen LogP contribution in [0.15, 0.2) is 0 Å². The van der Waals surface area contributed by atoms with E-state index in [2.05, 4.69) is 21.3 Å². The maximum atomic E-state index is 12.9. The van der Waals surface area contributed by atoms with Gasteiger partial charge < -0.3 is 86.8 Å². The first kappa shape index (κ1) is 40.8. The molecule has 0 spiro atoms. The van der Waals surface area contributed by atoms with E-state index in [1.807, 2.05) is 0 Å². The zero-order valence-electron chi connectivity index (χ0n) is 27.2. The van der Waals surface area contributed by atoms with Crippen molar-refractivity contribution in [3.63, 3.8) is 0 Å². The number of ether oxygens (including phenoxy) is 4. The molecule has 3 rings (SSSR count). The van der Waals surface area contributed by atoms with E-state index in [1.54, 1.807) is 0 Å². The molecule has 14 N–H and O–H groups in total. The molecule has 1 saturated carbocycles. The SMILES string of the molecule is CC(=O)NC[C@H]1O[C@H](O[C@H]2[C@H](O)[C@@H](O[C@H]3O[C@H](CO)[C@@H](O)[C@H](NC(C)=O)[C@H]3O)[C@H](NC(=O)[C@@H](O)CCN)C[C@@H]2NC(C)=O)[C@H](O)[C@@H](O)[C@@H]1O. The summed E-state index contributed by atoms with van der Waals surface area (Å²) in [6, 6.07) is -3.89. The minimum atomic E-state index is -1.91. The molecule has 3 aliphatic rings. The minimum absolute atomic E-state index is 0.0586. The van der Waals surface area contributed by atoms with Crippen molar-refractivity contribution in [3.8, 4) is 0 Å². The monoisotopic (exact) mass is 711 g/mol. The van der Waals surface area contributed by atoms with Crippen molar-refractivity contribution >= 4 is 23.6 Å². The number of carbonyl (C=O) groups excluding carboxylic acids is 4. The number of carbonyl (C=O) groups is 4. The van der Waals surface area contributed by atoms with E-state index < -0.39 is 128 Å². The van der Waals surface area contributed by atoms with E-state index in [1.165, 1.54) is 6.92 Å². The van der Waals surface area contributed by atoms with Crippen LogP contribution in [0.4, 0.5) is 0 Å². The van der Waals surface area contributed by atoms with Gasteiger partial charge in [0.15, 0.2) is 12.6 Å². The molecule has 2 saturated heterocycles. The molecule has 282 valence electrons. The van der Waals surface area contributed by atoms with E-state index in [0.29, 0.717) is 0 Å². The maximum absolute atomic E-state index is 12.9. The minimum Gasteiger partial charge on any atom is -0.394 e. The van der Waals surface area contributed by atoms with Crippen LogP contribution in [0.3, 0.4) is 0 Å². The van der Waals surface area contributed by atoms with Crippen molar-refractivity contribution in [1.29, 1.82) is 0 Å². The van der Waals surface area contributed by atoms with Crippen LogP contribution < -0.4 is 27.0 Å². The van der Waals surface area contributed by atoms with Crippen LogP contribution in [-0.4, -0.2) is 182 Å². The van der Waals surface area contributed by atoms with Crippen molar-refractivity contribution in [1.82, 2.24) is 21.3 Å². The van der Waals surface area contributed by atoms with Crippen LogP contribution in [0, 0.1) is 0 Å². The molecule has 0 aromatic rings. The molecule has 0 bridgehead atoms. The average Bonchev–Trinajstić information content (AvgIpc) is 3.02. The quantitative estimate of drug-likeness (QED) is 0.0843. The fourth-order valence-electron chi connectivity index (χ4n) is 6.02. The molecule has 1 aliphatic carbocycles. The Kier molecular flexibility index (Phi) is 15.0. The third-order valence-electron chi connectivity index (χ3n) is 8.49. The molecule has 21 heteroatoms. The highest BCUT2D eigenvalue weighted by Crippen LogP contribution is 2.33. The second kappa shape index (κ2) is 18.0. The first-order valence-corrected chi connectivity index (χ1v) is 15.8. The largest absolute Gasteiger partial charge is 0.394 e. The maximum Gasteiger partial charge on any atom is 0.249 e. The summed E-state index contributed by atoms with van der Waals surface area (Å²) in [5, 5.41) is 95.0. The molecule has 2 heterocycles. The lowest BCUT2D eigenvalue weighted by atomic mass is 9.82. The standard InChI is InChI=1S/C28H49N5O16/c1-9(35)30-7-15-19(40)21(42)22(43)28(46-15)49-24-12(31-10(2)36)6-13(33-26(45)14(38)4-5-29)25(23(24)44)48-27-20(41)17(32-11(3)37)18(39)16(8-34)47-27/h12-25,27-28,34,38-44H,4-8,29H2,1-3H3,(H,30,35)(H,31,36)(H,32,37)(H,33,45)/t12-,13+,14-,15+,16+,17-,18+,19+,20+,21-,22+,23-,24+,25-,27+,28+/m0/s1. The molecule has 4 amide bonds. The van der Waals surface area contributed by atoms with E-state index in [9.17, 15) is 60.0 Å². The summed E-state index contributed by atoms with van der Waals surface area (Å²) in [5.41, 5.74) is 5.46. The zero-order valence-corrected chi connectivity index (χ0v) is 27.2. The predicted molar refractivity (Wildman–Crippen MR) is 160 cm³/mol. The van der Waals surface area contributed by atoms with Gasteiger partial charge in [-0.1, -0.05) is 0 Å². The third kappa shape index (κ3) is 10.2. The topological polar surface area (TPSA) is 341 Å². The molecular weight excluding hydrogens is 662 g/mol. The Bertz CT molecular complexity index is 1140. The molecule has 49 heavy (non-hydrogen) atoms. The molecule has 21 nitrogen and oxygen atoms in total. The number of aliphatic hydroxyl groups is 8. The number of amides is 4. The van der Waals surface area contributed by atoms with Gasteiger partial charge in [0.2, 0.25) is 23.6 Å². The van der Waals surface area contributed by atoms with Gasteiger partial charge in [-0.25, -0.2) is 0 Å². The van der Waals surface area contributed by atoms with E-state index in [4.69, 9.17) is 24.7 Å². The smallest absolute Gasteiger partial charge is 0.249 e. The molecule has 0 aromatic carbocycles. The van der Waals surface area contributed by atoms with Crippen LogP contribution in [0.25, 0.3) is 0 Å². The number of hydrogen-bond acceptors (Lipinski definition) is 17. The lowest BCUT2D eigenvalue weighted by Crippen LogP contribution is -2.70. The Morgan fingerprint density at radius 2 is 1.29 bits per heavy atom. The van der Waals surface area contributed by atoms with E-state index in [0.717, 1.165) is 13.8 Å². The third-order valence-corrected chi connectivity index (χ3v) is 8.49. The van der Waals surface area contributed by atoms with Gasteiger partial charge in [-0.3, -0.25) is 19.2 Å². The fourth-order valence-corrected chi connectivity index (χ4v) is 6.02. The van der Waals surface area contributed by atoms with E-state index >= 15 is 0 Å². The average molecular weight is 712 g/mol. The van der Waals surface area contributed by atoms with Crippen molar-refractivity contribution in [3.05, 3.63) is 0 Å². The summed E-state index contributed by atoms with van der Waals surface area (Å²) in [4.78, 5) is 48.4. The van der Waals surface area contributed by atoms with Crippen LogP contribution in [0.5, 0.6) is 0 Å². The van der Waals surface area contributed by atoms with Gasteiger partial charge in [-0.2, -0.15) is 0 Å². The summed E-state index contributed by atoms with van der Waals surface area (Å²) in [5.74, 6) is -2.70. The van der Waals surface area contributed by atoms with Gasteiger partial charge >= 0.3 is 0 Å². The summed E-state index contributed by atoms with van der Waals surface area (Å²) >= 11 is 0. The highest BCUT2D eigenvalue weighted by molar-refractivity contribution is 5.81. The second-order valence-electron chi connectivity index (χ2n) is 12.3. The fraction of sp³-hybridized carbons (Fsp3) is 0.857. The highest BCUT2D eigenvalue weighted by Gasteiger charge is 2.54. The number of aliphatic hydroxyl groups excluding tert-OH is 8. The molecular formula is C28H49N5O16. The Morgan fingerprint density at radius 1 is 0.735 bits per heavy atom. The summed E-state index contributed by atoms with van der Waals surface area (Å²) in [6.45, 7) is 2.31. The van der Waals surface area contributed by atoms with Crippen LogP contribution in [-0.2, 0) is 38.1 Å². The normalized spacial score (nSPS) is 40.1. The molecule has 0 aromatic heterocycles. The molecule has 3 fully saturated rings. The van der Waals surface area contributed by atoms with Crippen LogP contribution in [0.2, 0.25) is 0 Å². The zero-order chi connectivity index (χ0) is 36.7. The van der Waals surface area contributed by atoms with Crippen molar-refractivity contribution in [2.45, 2.75) is 131 Å². The Hall–Kier alpha value is -2.64. The number of nitrogens with one attached hydrogen (secondary N) is 4. The van der Waals surface area contributed by atoms with Gasteiger partial charge in [0.25, 0.3) is 0 Å². The van der Waals surface area contributed by atoms with Crippen molar-refractivity contribution in [2.75, 3.05) is 19.7 Å². The summed E-state index contributed by atoms with van der Waals surface area (Å²) in [6.07, 6.45) is -22.2. The lowest BCUT2D eigenvalue weighted by molar-refractivity contribution is -0.334. The van der Waals surface area contributed by atoms with Crippen LogP contribution in [0.1, 0.15) is 33.6 Å². The first-order valence-electron chi connectivity index (χ1n) is 15.8. The van der Waals surface area contributed by atoms with Gasteiger partial charge in [0, 0.05) is 27.3 Å². The number of rotatable bonds is 13. The first-order chi connectivity index (χ1) is 23.0.